The summed E-state index contributed by atoms with van der Waals surface area (Å²) in [5.74, 6) is -1.20. The number of ether oxygens (including phenoxy) is 1. The van der Waals surface area contributed by atoms with Crippen molar-refractivity contribution in [2.75, 3.05) is 26.0 Å². The van der Waals surface area contributed by atoms with Crippen LogP contribution in [0.15, 0.2) is 30.3 Å². The lowest BCUT2D eigenvalue weighted by Gasteiger charge is -2.33. The predicted octanol–water partition coefficient (Wildman–Crippen LogP) is -0.0174. The van der Waals surface area contributed by atoms with E-state index in [1.54, 1.807) is 16.7 Å². The standard InChI is InChI=1S/C18H21N3O5S/c1-19-14(22)9-20-15(23)10-26-17(25)13-11-27-18(8-7-16(24)21(13)18)12-5-3-2-4-6-12/h2-6,13H,7-11H2,1H3,(H,19,22)(H,20,23)/t13-,18+/m1/s1. The van der Waals surface area contributed by atoms with Gasteiger partial charge < -0.3 is 20.3 Å². The van der Waals surface area contributed by atoms with Gasteiger partial charge in [-0.15, -0.1) is 11.8 Å². The lowest BCUT2D eigenvalue weighted by atomic mass is 10.0. The molecule has 0 radical (unpaired) electrons. The quantitative estimate of drug-likeness (QED) is 0.661. The van der Waals surface area contributed by atoms with Gasteiger partial charge in [0.25, 0.3) is 5.91 Å². The lowest BCUT2D eigenvalue weighted by molar-refractivity contribution is -0.156. The minimum absolute atomic E-state index is 0.0881. The highest BCUT2D eigenvalue weighted by atomic mass is 32.2. The number of nitrogens with zero attached hydrogens (tertiary/aromatic N) is 1. The van der Waals surface area contributed by atoms with Crippen molar-refractivity contribution in [3.05, 3.63) is 35.9 Å². The van der Waals surface area contributed by atoms with Crippen LogP contribution in [0.25, 0.3) is 0 Å². The number of amides is 3. The molecule has 2 saturated heterocycles. The molecule has 3 rings (SSSR count). The molecule has 27 heavy (non-hydrogen) atoms. The van der Waals surface area contributed by atoms with E-state index in [4.69, 9.17) is 4.74 Å². The topological polar surface area (TPSA) is 105 Å². The number of carbonyl (C=O) groups excluding carboxylic acids is 4. The van der Waals surface area contributed by atoms with Gasteiger partial charge in [0.1, 0.15) is 10.9 Å². The molecule has 0 aromatic heterocycles. The molecule has 0 saturated carbocycles. The molecule has 1 aromatic rings. The average Bonchev–Trinajstić information content (AvgIpc) is 3.24. The van der Waals surface area contributed by atoms with Gasteiger partial charge in [0.2, 0.25) is 11.8 Å². The first-order valence-corrected chi connectivity index (χ1v) is 9.62. The highest BCUT2D eigenvalue weighted by Crippen LogP contribution is 2.54. The average molecular weight is 391 g/mol. The molecule has 8 nitrogen and oxygen atoms in total. The number of hydrogen-bond acceptors (Lipinski definition) is 6. The summed E-state index contributed by atoms with van der Waals surface area (Å²) >= 11 is 1.56. The van der Waals surface area contributed by atoms with Crippen molar-refractivity contribution in [3.8, 4) is 0 Å². The minimum Gasteiger partial charge on any atom is -0.454 e. The maximum Gasteiger partial charge on any atom is 0.330 e. The van der Waals surface area contributed by atoms with Gasteiger partial charge in [0.05, 0.1) is 6.54 Å². The Morgan fingerprint density at radius 2 is 2.00 bits per heavy atom. The van der Waals surface area contributed by atoms with Crippen molar-refractivity contribution in [1.29, 1.82) is 0 Å². The number of hydrogen-bond donors (Lipinski definition) is 2. The van der Waals surface area contributed by atoms with Gasteiger partial charge >= 0.3 is 5.97 Å². The Morgan fingerprint density at radius 1 is 1.26 bits per heavy atom. The zero-order chi connectivity index (χ0) is 19.4. The molecular weight excluding hydrogens is 370 g/mol. The number of rotatable bonds is 6. The number of esters is 1. The van der Waals surface area contributed by atoms with Crippen LogP contribution in [0.2, 0.25) is 0 Å². The van der Waals surface area contributed by atoms with Gasteiger partial charge in [-0.1, -0.05) is 30.3 Å². The lowest BCUT2D eigenvalue weighted by Crippen LogP contribution is -2.47. The van der Waals surface area contributed by atoms with E-state index in [-0.39, 0.29) is 18.4 Å². The van der Waals surface area contributed by atoms with Gasteiger partial charge in [-0.2, -0.15) is 0 Å². The maximum absolute atomic E-state index is 12.5. The predicted molar refractivity (Wildman–Crippen MR) is 98.5 cm³/mol. The summed E-state index contributed by atoms with van der Waals surface area (Å²) in [6.45, 7) is -0.675. The molecule has 2 heterocycles. The molecule has 3 amide bonds. The van der Waals surface area contributed by atoms with Crippen LogP contribution in [0.5, 0.6) is 0 Å². The van der Waals surface area contributed by atoms with Crippen LogP contribution in [0.3, 0.4) is 0 Å². The van der Waals surface area contributed by atoms with E-state index in [0.29, 0.717) is 18.6 Å². The molecule has 2 atom stereocenters. The molecule has 144 valence electrons. The summed E-state index contributed by atoms with van der Waals surface area (Å²) in [6, 6.07) is 8.92. The normalized spacial score (nSPS) is 23.7. The highest BCUT2D eigenvalue weighted by Gasteiger charge is 2.57. The van der Waals surface area contributed by atoms with Crippen molar-refractivity contribution in [2.24, 2.45) is 0 Å². The first-order chi connectivity index (χ1) is 13.0. The molecule has 2 aliphatic heterocycles. The van der Waals surface area contributed by atoms with Crippen molar-refractivity contribution in [2.45, 2.75) is 23.8 Å². The number of nitrogens with one attached hydrogen (secondary N) is 2. The second-order valence-electron chi connectivity index (χ2n) is 6.30. The van der Waals surface area contributed by atoms with Gasteiger partial charge in [-0.05, 0) is 12.0 Å². The number of likely N-dealkylation sites (N-methyl/N-ethyl adjacent to an activating group) is 1. The van der Waals surface area contributed by atoms with E-state index in [1.165, 1.54) is 7.05 Å². The Balaban J connectivity index is 1.64. The van der Waals surface area contributed by atoms with Gasteiger partial charge in [0, 0.05) is 19.2 Å². The summed E-state index contributed by atoms with van der Waals surface area (Å²) in [4.78, 5) is 48.9. The Morgan fingerprint density at radius 3 is 2.70 bits per heavy atom. The van der Waals surface area contributed by atoms with E-state index < -0.39 is 29.4 Å². The Kier molecular flexibility index (Phi) is 5.69. The molecule has 9 heteroatoms. The third-order valence-corrected chi connectivity index (χ3v) is 6.29. The fourth-order valence-corrected chi connectivity index (χ4v) is 5.00. The summed E-state index contributed by atoms with van der Waals surface area (Å²) in [5, 5.41) is 4.73. The fraction of sp³-hybridized carbons (Fsp3) is 0.444. The van der Waals surface area contributed by atoms with Gasteiger partial charge in [-0.25, -0.2) is 4.79 Å². The van der Waals surface area contributed by atoms with E-state index in [0.717, 1.165) is 5.56 Å². The largest absolute Gasteiger partial charge is 0.454 e. The summed E-state index contributed by atoms with van der Waals surface area (Å²) in [6.07, 6.45) is 1.01. The van der Waals surface area contributed by atoms with Crippen LogP contribution in [0.1, 0.15) is 18.4 Å². The van der Waals surface area contributed by atoms with Crippen LogP contribution in [0.4, 0.5) is 0 Å². The Hall–Kier alpha value is -2.55. The summed E-state index contributed by atoms with van der Waals surface area (Å²) < 4.78 is 5.10. The molecule has 0 bridgehead atoms. The Bertz CT molecular complexity index is 757. The first-order valence-electron chi connectivity index (χ1n) is 8.63. The van der Waals surface area contributed by atoms with Crippen LogP contribution < -0.4 is 10.6 Å². The fourth-order valence-electron chi connectivity index (χ4n) is 3.37. The zero-order valence-corrected chi connectivity index (χ0v) is 15.7. The van der Waals surface area contributed by atoms with E-state index in [9.17, 15) is 19.2 Å². The first kappa shape index (κ1) is 19.2. The Labute approximate surface area is 161 Å². The van der Waals surface area contributed by atoms with Crippen LogP contribution >= 0.6 is 11.8 Å². The minimum atomic E-state index is -0.725. The number of thioether (sulfide) groups is 1. The molecule has 2 aliphatic rings. The van der Waals surface area contributed by atoms with E-state index in [2.05, 4.69) is 10.6 Å². The second-order valence-corrected chi connectivity index (χ2v) is 7.60. The zero-order valence-electron chi connectivity index (χ0n) is 14.9. The smallest absolute Gasteiger partial charge is 0.330 e. The number of benzene rings is 1. The van der Waals surface area contributed by atoms with Gasteiger partial charge in [0.15, 0.2) is 6.61 Å². The SMILES string of the molecule is CNC(=O)CNC(=O)COC(=O)[C@H]1CS[C@]2(c3ccccc3)CCC(=O)N12. The highest BCUT2D eigenvalue weighted by molar-refractivity contribution is 8.00. The van der Waals surface area contributed by atoms with Gasteiger partial charge in [-0.3, -0.25) is 14.4 Å². The second kappa shape index (κ2) is 7.99. The molecule has 0 aliphatic carbocycles. The monoisotopic (exact) mass is 391 g/mol. The summed E-state index contributed by atoms with van der Waals surface area (Å²) in [7, 11) is 1.46. The molecule has 2 fully saturated rings. The maximum atomic E-state index is 12.5. The molecule has 1 aromatic carbocycles. The summed E-state index contributed by atoms with van der Waals surface area (Å²) in [5.41, 5.74) is 0.986. The molecule has 0 unspecified atom stereocenters. The van der Waals surface area contributed by atoms with Crippen LogP contribution in [-0.2, 0) is 28.8 Å². The van der Waals surface area contributed by atoms with Crippen molar-refractivity contribution in [3.63, 3.8) is 0 Å². The molecular formula is C18H21N3O5S. The molecule has 2 N–H and O–H groups in total. The number of carbonyl (C=O) groups is 4. The van der Waals surface area contributed by atoms with Crippen LogP contribution in [0, 0.1) is 0 Å². The van der Waals surface area contributed by atoms with Crippen molar-refractivity contribution >= 4 is 35.5 Å². The third kappa shape index (κ3) is 3.78. The van der Waals surface area contributed by atoms with E-state index in [1.807, 2.05) is 30.3 Å². The number of fused-ring (bicyclic) bond motifs is 1. The van der Waals surface area contributed by atoms with E-state index >= 15 is 0 Å². The van der Waals surface area contributed by atoms with Crippen LogP contribution in [-0.4, -0.2) is 60.6 Å². The third-order valence-electron chi connectivity index (χ3n) is 4.69. The van der Waals surface area contributed by atoms with Crippen molar-refractivity contribution < 1.29 is 23.9 Å². The van der Waals surface area contributed by atoms with Crippen molar-refractivity contribution in [1.82, 2.24) is 15.5 Å². The molecule has 0 spiro atoms.